The number of benzene rings is 5. The van der Waals surface area contributed by atoms with Gasteiger partial charge in [0.2, 0.25) is 5.41 Å². The summed E-state index contributed by atoms with van der Waals surface area (Å²) in [6, 6.07) is 19.6. The lowest BCUT2D eigenvalue weighted by Crippen LogP contribution is -2.55. The second-order valence-electron chi connectivity index (χ2n) is 12.5. The molecule has 0 aliphatic carbocycles. The van der Waals surface area contributed by atoms with Gasteiger partial charge in [0.1, 0.15) is 23.0 Å². The van der Waals surface area contributed by atoms with Gasteiger partial charge in [-0.15, -0.1) is 0 Å². The predicted molar refractivity (Wildman–Crippen MR) is 197 cm³/mol. The van der Waals surface area contributed by atoms with Crippen molar-refractivity contribution >= 4 is 46.6 Å². The maximum absolute atomic E-state index is 15.2. The van der Waals surface area contributed by atoms with Crippen LogP contribution in [-0.4, -0.2) is 64.8 Å². The van der Waals surface area contributed by atoms with E-state index in [0.717, 1.165) is 5.69 Å². The number of ketones is 3. The number of amides is 1. The molecule has 0 heterocycles. The molecular weight excluding hydrogens is 794 g/mol. The molecule has 0 unspecified atom stereocenters. The molecule has 5 rings (SSSR count). The van der Waals surface area contributed by atoms with Crippen LogP contribution in [0.2, 0.25) is 0 Å². The smallest absolute Gasteiger partial charge is 0.411 e. The number of rotatable bonds is 14. The zero-order valence-electron chi connectivity index (χ0n) is 30.3. The highest BCUT2D eigenvalue weighted by atomic mass is 19.4. The molecule has 0 aliphatic heterocycles. The molecule has 1 amide bonds. The fraction of sp³-hybridized carbons (Fsp3) is 0.122. The topological polar surface area (TPSA) is 185 Å². The number of carboxylic acid groups (broad SMARTS) is 2. The first-order valence-electron chi connectivity index (χ1n) is 16.8. The molecule has 12 nitrogen and oxygen atoms in total. The van der Waals surface area contributed by atoms with Crippen molar-refractivity contribution in [3.8, 4) is 23.0 Å². The van der Waals surface area contributed by atoms with Gasteiger partial charge in [-0.1, -0.05) is 30.3 Å². The number of anilines is 2. The third kappa shape index (κ3) is 8.75. The van der Waals surface area contributed by atoms with Crippen LogP contribution in [-0.2, 0) is 15.0 Å². The van der Waals surface area contributed by atoms with Gasteiger partial charge in [-0.2, -0.15) is 26.3 Å². The van der Waals surface area contributed by atoms with E-state index in [1.165, 1.54) is 30.3 Å². The lowest BCUT2D eigenvalue weighted by Gasteiger charge is -2.38. The average Bonchev–Trinajstić information content (AvgIpc) is 3.16. The normalized spacial score (nSPS) is 11.6. The summed E-state index contributed by atoms with van der Waals surface area (Å²) in [4.78, 5) is 74.0. The van der Waals surface area contributed by atoms with E-state index in [2.05, 4.69) is 10.6 Å². The van der Waals surface area contributed by atoms with Crippen molar-refractivity contribution in [3.63, 3.8) is 0 Å². The standard InChI is InChI=1S/C41H28F6N2O10/c1-21(50)32-16-22(12-14-30(32)34(51)37(54)55)39(40(42,43)44,41(45,46)47)23-13-15-31(35(52)38(56)57)33(17-23)36(53)49-25-7-4-9-27(19-25)59-29-11-5-10-28(20-29)58-26-8-3-6-24(18-26)48-2/h3-20,48H,1-2H3,(H,49,53)(H,54,55)(H,56,57). The Balaban J connectivity index is 1.57. The maximum Gasteiger partial charge on any atom is 0.411 e. The summed E-state index contributed by atoms with van der Waals surface area (Å²) in [5, 5.41) is 23.7. The van der Waals surface area contributed by atoms with Crippen LogP contribution in [0.5, 0.6) is 23.0 Å². The summed E-state index contributed by atoms with van der Waals surface area (Å²) in [6.45, 7) is 0.673. The molecule has 304 valence electrons. The van der Waals surface area contributed by atoms with E-state index in [9.17, 15) is 33.9 Å². The highest BCUT2D eigenvalue weighted by Gasteiger charge is 2.72. The number of hydrogen-bond acceptors (Lipinski definition) is 9. The molecule has 5 aromatic carbocycles. The summed E-state index contributed by atoms with van der Waals surface area (Å²) in [6.07, 6.45) is -12.7. The van der Waals surface area contributed by atoms with Crippen LogP contribution in [0.15, 0.2) is 109 Å². The number of carboxylic acids is 2. The summed E-state index contributed by atoms with van der Waals surface area (Å²) in [5.41, 5.74) is -12.4. The zero-order valence-corrected chi connectivity index (χ0v) is 30.3. The monoisotopic (exact) mass is 822 g/mol. The van der Waals surface area contributed by atoms with E-state index < -0.39 is 86.3 Å². The Morgan fingerprint density at radius 1 is 0.525 bits per heavy atom. The SMILES string of the molecule is CNc1cccc(Oc2cccc(Oc3cccc(NC(=O)c4cc(C(c5ccc(C(=O)C(=O)O)c(C(C)=O)c5)(C(F)(F)F)C(F)(F)F)ccc4C(=O)C(=O)O)c3)c2)c1. The van der Waals surface area contributed by atoms with Gasteiger partial charge in [0.05, 0.1) is 5.56 Å². The van der Waals surface area contributed by atoms with Gasteiger partial charge in [0.25, 0.3) is 17.5 Å². The lowest BCUT2D eigenvalue weighted by molar-refractivity contribution is -0.288. The molecule has 0 aliphatic rings. The van der Waals surface area contributed by atoms with Crippen molar-refractivity contribution in [3.05, 3.63) is 143 Å². The highest BCUT2D eigenvalue weighted by Crippen LogP contribution is 2.56. The summed E-state index contributed by atoms with van der Waals surface area (Å²) in [7, 11) is 1.73. The number of halogens is 6. The Labute approximate surface area is 329 Å². The molecule has 0 atom stereocenters. The number of carbonyl (C=O) groups is 6. The second kappa shape index (κ2) is 16.5. The number of ether oxygens (including phenoxy) is 2. The Morgan fingerprint density at radius 2 is 0.932 bits per heavy atom. The third-order valence-corrected chi connectivity index (χ3v) is 8.75. The average molecular weight is 823 g/mol. The van der Waals surface area contributed by atoms with E-state index in [1.54, 1.807) is 43.4 Å². The van der Waals surface area contributed by atoms with Gasteiger partial charge in [-0.25, -0.2) is 9.59 Å². The Hall–Kier alpha value is -7.50. The molecule has 0 saturated heterocycles. The largest absolute Gasteiger partial charge is 0.475 e. The van der Waals surface area contributed by atoms with Gasteiger partial charge >= 0.3 is 24.3 Å². The molecule has 0 bridgehead atoms. The van der Waals surface area contributed by atoms with Crippen LogP contribution in [0.1, 0.15) is 59.5 Å². The van der Waals surface area contributed by atoms with Gasteiger partial charge in [-0.3, -0.25) is 19.2 Å². The minimum Gasteiger partial charge on any atom is -0.475 e. The van der Waals surface area contributed by atoms with Crippen LogP contribution in [0.3, 0.4) is 0 Å². The fourth-order valence-corrected chi connectivity index (χ4v) is 6.07. The van der Waals surface area contributed by atoms with E-state index in [4.69, 9.17) is 14.6 Å². The lowest BCUT2D eigenvalue weighted by atomic mass is 9.71. The predicted octanol–water partition coefficient (Wildman–Crippen LogP) is 8.71. The van der Waals surface area contributed by atoms with Crippen molar-refractivity contribution in [1.29, 1.82) is 0 Å². The molecule has 0 spiro atoms. The van der Waals surface area contributed by atoms with Gasteiger partial charge in [0, 0.05) is 53.3 Å². The highest BCUT2D eigenvalue weighted by molar-refractivity contribution is 6.42. The summed E-state index contributed by atoms with van der Waals surface area (Å²) < 4.78 is 103. The van der Waals surface area contributed by atoms with Gasteiger partial charge in [-0.05, 0) is 78.7 Å². The van der Waals surface area contributed by atoms with Crippen LogP contribution in [0.4, 0.5) is 37.7 Å². The second-order valence-corrected chi connectivity index (χ2v) is 12.5. The zero-order chi connectivity index (χ0) is 43.4. The van der Waals surface area contributed by atoms with E-state index in [1.807, 2.05) is 6.07 Å². The minimum absolute atomic E-state index is 0.0361. The Morgan fingerprint density at radius 3 is 1.37 bits per heavy atom. The first-order valence-corrected chi connectivity index (χ1v) is 16.8. The molecule has 59 heavy (non-hydrogen) atoms. The van der Waals surface area contributed by atoms with E-state index >= 15 is 26.3 Å². The molecule has 0 fully saturated rings. The number of hydrogen-bond donors (Lipinski definition) is 4. The maximum atomic E-state index is 15.2. The number of nitrogens with one attached hydrogen (secondary N) is 2. The quantitative estimate of drug-likeness (QED) is 0.0477. The fourth-order valence-electron chi connectivity index (χ4n) is 6.07. The van der Waals surface area contributed by atoms with E-state index in [0.29, 0.717) is 30.6 Å². The molecular formula is C41H28F6N2O10. The van der Waals surface area contributed by atoms with Crippen LogP contribution >= 0.6 is 0 Å². The molecule has 0 aromatic heterocycles. The van der Waals surface area contributed by atoms with E-state index in [-0.39, 0.29) is 41.5 Å². The molecule has 0 saturated carbocycles. The van der Waals surface area contributed by atoms with Crippen molar-refractivity contribution in [2.24, 2.45) is 0 Å². The van der Waals surface area contributed by atoms with Gasteiger partial charge in [0.15, 0.2) is 5.78 Å². The summed E-state index contributed by atoms with van der Waals surface area (Å²) in [5.74, 6) is -9.64. The van der Waals surface area contributed by atoms with Crippen LogP contribution < -0.4 is 20.1 Å². The minimum atomic E-state index is -6.35. The first kappa shape index (κ1) is 42.6. The molecule has 18 heteroatoms. The number of aliphatic carboxylic acids is 2. The van der Waals surface area contributed by atoms with Crippen molar-refractivity contribution in [2.45, 2.75) is 24.7 Å². The van der Waals surface area contributed by atoms with Crippen LogP contribution in [0.25, 0.3) is 0 Å². The third-order valence-electron chi connectivity index (χ3n) is 8.75. The molecule has 4 N–H and O–H groups in total. The van der Waals surface area contributed by atoms with Crippen LogP contribution in [0, 0.1) is 0 Å². The number of Topliss-reactive ketones (excluding diaryl/α,β-unsaturated/α-hetero) is 3. The summed E-state index contributed by atoms with van der Waals surface area (Å²) >= 11 is 0. The van der Waals surface area contributed by atoms with Crippen molar-refractivity contribution in [1.82, 2.24) is 0 Å². The molecule has 5 aromatic rings. The number of carbonyl (C=O) groups excluding carboxylic acids is 4. The number of alkyl halides is 6. The van der Waals surface area contributed by atoms with Crippen molar-refractivity contribution < 1.29 is 74.8 Å². The van der Waals surface area contributed by atoms with Crippen molar-refractivity contribution in [2.75, 3.05) is 17.7 Å². The Kier molecular flexibility index (Phi) is 12.0. The first-order chi connectivity index (χ1) is 27.7. The molecule has 0 radical (unpaired) electrons. The van der Waals surface area contributed by atoms with Gasteiger partial charge < -0.3 is 30.3 Å². The Bertz CT molecular complexity index is 2500.